The van der Waals surface area contributed by atoms with Gasteiger partial charge in [-0.1, -0.05) is 104 Å². The fourth-order valence-corrected chi connectivity index (χ4v) is 5.24. The van der Waals surface area contributed by atoms with Gasteiger partial charge in [-0.15, -0.1) is 0 Å². The minimum absolute atomic E-state index is 0.101. The van der Waals surface area contributed by atoms with Crippen LogP contribution >= 0.6 is 15.6 Å². The van der Waals surface area contributed by atoms with E-state index >= 15 is 0 Å². The van der Waals surface area contributed by atoms with Crippen molar-refractivity contribution in [1.29, 1.82) is 0 Å². The number of unbranched alkanes of at least 4 members (excludes halogenated alkanes) is 14. The van der Waals surface area contributed by atoms with Crippen LogP contribution in [0.15, 0.2) is 0 Å². The molecule has 9 heteroatoms. The lowest BCUT2D eigenvalue weighted by atomic mass is 10.1. The average molecular weight is 459 g/mol. The Kier molecular flexibility index (Phi) is 19.2. The third kappa shape index (κ3) is 21.3. The predicted octanol–water partition coefficient (Wildman–Crippen LogP) is 7.52. The van der Waals surface area contributed by atoms with Crippen LogP contribution in [0.5, 0.6) is 0 Å². The zero-order valence-corrected chi connectivity index (χ0v) is 20.3. The number of rotatable bonds is 22. The molecule has 7 nitrogen and oxygen atoms in total. The number of phosphoric acid groups is 2. The van der Waals surface area contributed by atoms with Gasteiger partial charge in [-0.3, -0.25) is 9.05 Å². The first-order chi connectivity index (χ1) is 13.8. The molecular formula is C20H44O7P2. The molecule has 29 heavy (non-hydrogen) atoms. The first-order valence-corrected chi connectivity index (χ1v) is 14.5. The minimum atomic E-state index is -4.95. The predicted molar refractivity (Wildman–Crippen MR) is 118 cm³/mol. The first-order valence-electron chi connectivity index (χ1n) is 11.5. The van der Waals surface area contributed by atoms with Gasteiger partial charge in [0.2, 0.25) is 0 Å². The summed E-state index contributed by atoms with van der Waals surface area (Å²) in [5.74, 6) is 0. The molecule has 0 aromatic heterocycles. The normalized spacial score (nSPS) is 12.6. The third-order valence-corrected chi connectivity index (χ3v) is 7.35. The van der Waals surface area contributed by atoms with Crippen LogP contribution in [0.1, 0.15) is 117 Å². The SMILES string of the molecule is CCCCCCCCCCOP(=O)(OCCCCCCCCCC)OP(=O)(O)O. The highest BCUT2D eigenvalue weighted by atomic mass is 31.3. The van der Waals surface area contributed by atoms with E-state index in [0.29, 0.717) is 12.8 Å². The van der Waals surface area contributed by atoms with Crippen LogP contribution in [0.3, 0.4) is 0 Å². The van der Waals surface area contributed by atoms with Crippen molar-refractivity contribution in [2.24, 2.45) is 0 Å². The molecular weight excluding hydrogens is 414 g/mol. The average Bonchev–Trinajstić information content (AvgIpc) is 2.64. The molecule has 0 aromatic rings. The molecule has 0 saturated heterocycles. The lowest BCUT2D eigenvalue weighted by Crippen LogP contribution is -2.02. The summed E-state index contributed by atoms with van der Waals surface area (Å²) in [7, 11) is -9.20. The molecule has 0 bridgehead atoms. The maximum absolute atomic E-state index is 12.5. The van der Waals surface area contributed by atoms with Crippen LogP contribution in [0.25, 0.3) is 0 Å². The van der Waals surface area contributed by atoms with Gasteiger partial charge < -0.3 is 9.79 Å². The quantitative estimate of drug-likeness (QED) is 0.128. The van der Waals surface area contributed by atoms with Crippen LogP contribution in [0, 0.1) is 0 Å². The molecule has 0 aliphatic heterocycles. The van der Waals surface area contributed by atoms with Crippen LogP contribution < -0.4 is 0 Å². The molecule has 0 saturated carbocycles. The maximum Gasteiger partial charge on any atom is 0.483 e. The van der Waals surface area contributed by atoms with Crippen molar-refractivity contribution in [3.8, 4) is 0 Å². The molecule has 0 fully saturated rings. The van der Waals surface area contributed by atoms with Gasteiger partial charge >= 0.3 is 15.6 Å². The smallest absolute Gasteiger partial charge is 0.302 e. The summed E-state index contributed by atoms with van der Waals surface area (Å²) in [5, 5.41) is 0. The van der Waals surface area contributed by atoms with E-state index in [2.05, 4.69) is 18.2 Å². The number of hydrogen-bond acceptors (Lipinski definition) is 5. The standard InChI is InChI=1S/C20H44O7P2/c1-3-5-7-9-11-13-15-17-19-25-29(24,27-28(21,22)23)26-20-18-16-14-12-10-8-6-4-2/h3-20H2,1-2H3,(H2,21,22,23). The summed E-state index contributed by atoms with van der Waals surface area (Å²) in [6, 6.07) is 0. The topological polar surface area (TPSA) is 102 Å². The Hall–Kier alpha value is 0.260. The zero-order valence-electron chi connectivity index (χ0n) is 18.6. The van der Waals surface area contributed by atoms with E-state index in [-0.39, 0.29) is 13.2 Å². The molecule has 176 valence electrons. The summed E-state index contributed by atoms with van der Waals surface area (Å²) in [6.07, 6.45) is 17.5. The Balaban J connectivity index is 3.97. The number of hydrogen-bond donors (Lipinski definition) is 2. The number of phosphoric ester groups is 1. The molecule has 0 amide bonds. The molecule has 0 aromatic carbocycles. The molecule has 0 aliphatic carbocycles. The van der Waals surface area contributed by atoms with Crippen molar-refractivity contribution in [2.45, 2.75) is 117 Å². The largest absolute Gasteiger partial charge is 0.483 e. The van der Waals surface area contributed by atoms with Gasteiger partial charge in [0, 0.05) is 0 Å². The Morgan fingerprint density at radius 2 is 0.862 bits per heavy atom. The van der Waals surface area contributed by atoms with Gasteiger partial charge in [-0.25, -0.2) is 9.13 Å². The molecule has 0 spiro atoms. The van der Waals surface area contributed by atoms with Crippen molar-refractivity contribution < 1.29 is 32.3 Å². The second kappa shape index (κ2) is 19.0. The summed E-state index contributed by atoms with van der Waals surface area (Å²) in [6.45, 7) is 4.57. The molecule has 0 rings (SSSR count). The molecule has 0 atom stereocenters. The van der Waals surface area contributed by atoms with E-state index in [1.807, 2.05) is 0 Å². The van der Waals surface area contributed by atoms with Gasteiger partial charge in [0.1, 0.15) is 0 Å². The zero-order chi connectivity index (χ0) is 21.8. The lowest BCUT2D eigenvalue weighted by Gasteiger charge is -2.18. The second-order valence-electron chi connectivity index (χ2n) is 7.64. The summed E-state index contributed by atoms with van der Waals surface area (Å²) in [5.41, 5.74) is 0. The summed E-state index contributed by atoms with van der Waals surface area (Å²) in [4.78, 5) is 18.0. The second-order valence-corrected chi connectivity index (χ2v) is 10.7. The van der Waals surface area contributed by atoms with E-state index in [4.69, 9.17) is 18.8 Å². The van der Waals surface area contributed by atoms with Crippen LogP contribution in [0.2, 0.25) is 0 Å². The van der Waals surface area contributed by atoms with Gasteiger partial charge in [0.05, 0.1) is 13.2 Å². The summed E-state index contributed by atoms with van der Waals surface area (Å²) >= 11 is 0. The highest BCUT2D eigenvalue weighted by Gasteiger charge is 2.35. The van der Waals surface area contributed by atoms with Crippen molar-refractivity contribution in [2.75, 3.05) is 13.2 Å². The third-order valence-electron chi connectivity index (χ3n) is 4.70. The lowest BCUT2D eigenvalue weighted by molar-refractivity contribution is 0.136. The summed E-state index contributed by atoms with van der Waals surface area (Å²) < 4.78 is 38.2. The van der Waals surface area contributed by atoms with Crippen LogP contribution in [0.4, 0.5) is 0 Å². The van der Waals surface area contributed by atoms with E-state index < -0.39 is 15.6 Å². The Morgan fingerprint density at radius 1 is 0.552 bits per heavy atom. The van der Waals surface area contributed by atoms with Crippen molar-refractivity contribution in [3.05, 3.63) is 0 Å². The first kappa shape index (κ1) is 29.3. The van der Waals surface area contributed by atoms with Crippen LogP contribution in [-0.2, 0) is 22.5 Å². The van der Waals surface area contributed by atoms with Gasteiger partial charge in [0.15, 0.2) is 0 Å². The Morgan fingerprint density at radius 3 is 1.17 bits per heavy atom. The minimum Gasteiger partial charge on any atom is -0.302 e. The molecule has 0 heterocycles. The highest BCUT2D eigenvalue weighted by Crippen LogP contribution is 2.61. The molecule has 2 N–H and O–H groups in total. The van der Waals surface area contributed by atoms with Gasteiger partial charge in [-0.2, -0.15) is 4.31 Å². The fraction of sp³-hybridized carbons (Fsp3) is 1.00. The van der Waals surface area contributed by atoms with Gasteiger partial charge in [0.25, 0.3) is 0 Å². The van der Waals surface area contributed by atoms with Crippen LogP contribution in [-0.4, -0.2) is 23.0 Å². The van der Waals surface area contributed by atoms with E-state index in [1.54, 1.807) is 0 Å². The highest BCUT2D eigenvalue weighted by molar-refractivity contribution is 7.61. The molecule has 0 aliphatic rings. The van der Waals surface area contributed by atoms with E-state index in [9.17, 15) is 9.13 Å². The Labute approximate surface area is 178 Å². The molecule has 0 radical (unpaired) electrons. The maximum atomic E-state index is 12.5. The van der Waals surface area contributed by atoms with Crippen molar-refractivity contribution >= 4 is 15.6 Å². The van der Waals surface area contributed by atoms with E-state index in [1.165, 1.54) is 51.4 Å². The van der Waals surface area contributed by atoms with Crippen molar-refractivity contribution in [1.82, 2.24) is 0 Å². The van der Waals surface area contributed by atoms with Crippen molar-refractivity contribution in [3.63, 3.8) is 0 Å². The molecule has 0 unspecified atom stereocenters. The van der Waals surface area contributed by atoms with E-state index in [0.717, 1.165) is 38.5 Å². The Bertz CT molecular complexity index is 428. The monoisotopic (exact) mass is 458 g/mol. The fourth-order valence-electron chi connectivity index (χ4n) is 3.04. The van der Waals surface area contributed by atoms with Gasteiger partial charge in [-0.05, 0) is 12.8 Å².